The molecular formula is C11H15N3O3. The van der Waals surface area contributed by atoms with Crippen LogP contribution in [-0.2, 0) is 0 Å². The predicted octanol–water partition coefficient (Wildman–Crippen LogP) is -0.519. The molecule has 0 saturated heterocycles. The molecule has 1 amide bonds. The molecule has 1 aromatic rings. The molecule has 0 unspecified atom stereocenters. The molecule has 6 heteroatoms. The number of nitrogens with one attached hydrogen (secondary N) is 1. The fraction of sp³-hybridized carbons (Fsp3) is 0.545. The molecule has 1 aromatic heterocycles. The Labute approximate surface area is 98.7 Å². The number of aromatic nitrogens is 2. The lowest BCUT2D eigenvalue weighted by Gasteiger charge is -2.32. The minimum atomic E-state index is -0.913. The minimum absolute atomic E-state index is 0.208. The Bertz CT molecular complexity index is 385. The van der Waals surface area contributed by atoms with Crippen molar-refractivity contribution in [3.63, 3.8) is 0 Å². The van der Waals surface area contributed by atoms with Crippen LogP contribution in [0, 0.1) is 0 Å². The molecule has 0 spiro atoms. The third-order valence-electron chi connectivity index (χ3n) is 2.93. The van der Waals surface area contributed by atoms with Gasteiger partial charge in [0.05, 0.1) is 24.4 Å². The van der Waals surface area contributed by atoms with Gasteiger partial charge >= 0.3 is 0 Å². The fourth-order valence-corrected chi connectivity index (χ4v) is 1.97. The summed E-state index contributed by atoms with van der Waals surface area (Å²) in [6.07, 6.45) is 4.60. The summed E-state index contributed by atoms with van der Waals surface area (Å²) in [5.41, 5.74) is 0.208. The van der Waals surface area contributed by atoms with Crippen molar-refractivity contribution >= 4 is 5.91 Å². The van der Waals surface area contributed by atoms with Crippen LogP contribution in [-0.4, -0.2) is 44.3 Å². The van der Waals surface area contributed by atoms with E-state index in [9.17, 15) is 15.0 Å². The molecule has 1 fully saturated rings. The van der Waals surface area contributed by atoms with Crippen LogP contribution in [0.1, 0.15) is 29.8 Å². The molecule has 1 saturated carbocycles. The van der Waals surface area contributed by atoms with Crippen molar-refractivity contribution in [3.05, 3.63) is 24.3 Å². The van der Waals surface area contributed by atoms with Crippen LogP contribution >= 0.6 is 0 Å². The van der Waals surface area contributed by atoms with E-state index in [1.807, 2.05) is 0 Å². The summed E-state index contributed by atoms with van der Waals surface area (Å²) in [5.74, 6) is -0.378. The highest BCUT2D eigenvalue weighted by Gasteiger charge is 2.31. The lowest BCUT2D eigenvalue weighted by molar-refractivity contribution is -0.0278. The average Bonchev–Trinajstić information content (AvgIpc) is 2.36. The second kappa shape index (κ2) is 5.20. The topological polar surface area (TPSA) is 95.3 Å². The number of amides is 1. The first-order valence-corrected chi connectivity index (χ1v) is 5.61. The summed E-state index contributed by atoms with van der Waals surface area (Å²) in [5, 5.41) is 21.9. The highest BCUT2D eigenvalue weighted by molar-refractivity contribution is 5.92. The quantitative estimate of drug-likeness (QED) is 0.643. The van der Waals surface area contributed by atoms with Crippen LogP contribution in [0.5, 0.6) is 0 Å². The Morgan fingerprint density at radius 2 is 2.18 bits per heavy atom. The number of aliphatic hydroxyl groups excluding tert-OH is 2. The van der Waals surface area contributed by atoms with Crippen LogP contribution in [0.15, 0.2) is 18.6 Å². The van der Waals surface area contributed by atoms with Gasteiger partial charge < -0.3 is 15.5 Å². The van der Waals surface area contributed by atoms with E-state index in [0.717, 1.165) is 6.42 Å². The number of carbonyl (C=O) groups excluding carboxylic acids is 1. The Balaban J connectivity index is 1.99. The number of hydrogen-bond donors (Lipinski definition) is 3. The molecular weight excluding hydrogens is 222 g/mol. The van der Waals surface area contributed by atoms with E-state index in [1.54, 1.807) is 0 Å². The Hall–Kier alpha value is -1.53. The number of hydrogen-bond acceptors (Lipinski definition) is 5. The third-order valence-corrected chi connectivity index (χ3v) is 2.93. The molecule has 6 nitrogen and oxygen atoms in total. The predicted molar refractivity (Wildman–Crippen MR) is 59.2 cm³/mol. The average molecular weight is 237 g/mol. The van der Waals surface area contributed by atoms with Crippen molar-refractivity contribution in [1.29, 1.82) is 0 Å². The van der Waals surface area contributed by atoms with Gasteiger partial charge in [0.25, 0.3) is 5.91 Å². The number of rotatable bonds is 2. The summed E-state index contributed by atoms with van der Waals surface area (Å²) in [7, 11) is 0. The Morgan fingerprint density at radius 3 is 2.88 bits per heavy atom. The normalized spacial score (nSPS) is 28.7. The van der Waals surface area contributed by atoms with Gasteiger partial charge in [0.2, 0.25) is 0 Å². The van der Waals surface area contributed by atoms with Gasteiger partial charge in [0.15, 0.2) is 0 Å². The molecule has 1 aliphatic rings. The van der Waals surface area contributed by atoms with Gasteiger partial charge in [0.1, 0.15) is 5.69 Å². The molecule has 0 bridgehead atoms. The van der Waals surface area contributed by atoms with E-state index >= 15 is 0 Å². The Morgan fingerprint density at radius 1 is 1.35 bits per heavy atom. The van der Waals surface area contributed by atoms with Gasteiger partial charge in [-0.05, 0) is 19.3 Å². The van der Waals surface area contributed by atoms with Crippen molar-refractivity contribution in [2.45, 2.75) is 37.5 Å². The molecule has 0 radical (unpaired) electrons. The van der Waals surface area contributed by atoms with Crippen LogP contribution in [0.2, 0.25) is 0 Å². The summed E-state index contributed by atoms with van der Waals surface area (Å²) >= 11 is 0. The third kappa shape index (κ3) is 2.78. The van der Waals surface area contributed by atoms with Gasteiger partial charge in [-0.1, -0.05) is 0 Å². The monoisotopic (exact) mass is 237 g/mol. The maximum atomic E-state index is 11.8. The number of carbonyl (C=O) groups is 1. The summed E-state index contributed by atoms with van der Waals surface area (Å²) in [6.45, 7) is 0. The minimum Gasteiger partial charge on any atom is -0.390 e. The van der Waals surface area contributed by atoms with Crippen LogP contribution in [0.3, 0.4) is 0 Å². The molecule has 17 heavy (non-hydrogen) atoms. The number of nitrogens with zero attached hydrogens (tertiary/aromatic N) is 2. The molecule has 2 rings (SSSR count). The summed E-state index contributed by atoms with van der Waals surface area (Å²) < 4.78 is 0. The van der Waals surface area contributed by atoms with E-state index in [0.29, 0.717) is 12.8 Å². The molecule has 3 N–H and O–H groups in total. The summed E-state index contributed by atoms with van der Waals surface area (Å²) in [4.78, 5) is 19.4. The van der Waals surface area contributed by atoms with Crippen molar-refractivity contribution in [2.75, 3.05) is 0 Å². The first kappa shape index (κ1) is 11.9. The molecule has 92 valence electrons. The van der Waals surface area contributed by atoms with Crippen molar-refractivity contribution in [1.82, 2.24) is 15.3 Å². The highest BCUT2D eigenvalue weighted by atomic mass is 16.3. The lowest BCUT2D eigenvalue weighted by atomic mass is 9.90. The maximum absolute atomic E-state index is 11.8. The largest absolute Gasteiger partial charge is 0.390 e. The maximum Gasteiger partial charge on any atom is 0.271 e. The zero-order valence-corrected chi connectivity index (χ0v) is 9.28. The van der Waals surface area contributed by atoms with Gasteiger partial charge in [-0.3, -0.25) is 9.78 Å². The molecule has 1 aliphatic carbocycles. The van der Waals surface area contributed by atoms with E-state index < -0.39 is 18.2 Å². The van der Waals surface area contributed by atoms with Gasteiger partial charge in [-0.15, -0.1) is 0 Å². The fourth-order valence-electron chi connectivity index (χ4n) is 1.97. The molecule has 0 aromatic carbocycles. The van der Waals surface area contributed by atoms with Crippen LogP contribution in [0.4, 0.5) is 0 Å². The van der Waals surface area contributed by atoms with Gasteiger partial charge in [-0.25, -0.2) is 4.98 Å². The van der Waals surface area contributed by atoms with E-state index in [1.165, 1.54) is 18.6 Å². The van der Waals surface area contributed by atoms with Crippen LogP contribution < -0.4 is 5.32 Å². The van der Waals surface area contributed by atoms with Gasteiger partial charge in [-0.2, -0.15) is 0 Å². The van der Waals surface area contributed by atoms with E-state index in [2.05, 4.69) is 15.3 Å². The zero-order valence-electron chi connectivity index (χ0n) is 9.28. The van der Waals surface area contributed by atoms with Gasteiger partial charge in [0, 0.05) is 12.4 Å². The second-order valence-corrected chi connectivity index (χ2v) is 4.16. The summed E-state index contributed by atoms with van der Waals surface area (Å²) in [6, 6.07) is -0.423. The molecule has 3 atom stereocenters. The van der Waals surface area contributed by atoms with Crippen molar-refractivity contribution in [3.8, 4) is 0 Å². The SMILES string of the molecule is O=C(N[C@@H]1CCC[C@@H](O)[C@@H]1O)c1cnccn1. The number of aliphatic hydroxyl groups is 2. The van der Waals surface area contributed by atoms with E-state index in [-0.39, 0.29) is 11.6 Å². The second-order valence-electron chi connectivity index (χ2n) is 4.16. The van der Waals surface area contributed by atoms with Crippen LogP contribution in [0.25, 0.3) is 0 Å². The first-order valence-electron chi connectivity index (χ1n) is 5.61. The van der Waals surface area contributed by atoms with Crippen molar-refractivity contribution < 1.29 is 15.0 Å². The lowest BCUT2D eigenvalue weighted by Crippen LogP contribution is -2.51. The van der Waals surface area contributed by atoms with Crippen molar-refractivity contribution in [2.24, 2.45) is 0 Å². The Kier molecular flexibility index (Phi) is 3.65. The molecule has 0 aliphatic heterocycles. The smallest absolute Gasteiger partial charge is 0.271 e. The highest BCUT2D eigenvalue weighted by Crippen LogP contribution is 2.19. The zero-order chi connectivity index (χ0) is 12.3. The molecule has 1 heterocycles. The first-order chi connectivity index (χ1) is 8.18. The van der Waals surface area contributed by atoms with E-state index in [4.69, 9.17) is 0 Å². The standard InChI is InChI=1S/C11H15N3O3/c15-9-3-1-2-7(10(9)16)14-11(17)8-6-12-4-5-13-8/h4-7,9-10,15-16H,1-3H2,(H,14,17)/t7-,9-,10-/m1/s1.